The fourth-order valence-electron chi connectivity index (χ4n) is 4.87. The molecule has 2 amide bonds. The fraction of sp³-hybridized carbons (Fsp3) is 0.0625. The minimum absolute atomic E-state index is 0.260. The summed E-state index contributed by atoms with van der Waals surface area (Å²) in [5.74, 6) is -0.924. The van der Waals surface area contributed by atoms with E-state index in [9.17, 15) is 9.59 Å². The van der Waals surface area contributed by atoms with Crippen LogP contribution in [0, 0.1) is 0 Å². The minimum atomic E-state index is -0.600. The standard InChI is InChI=1S/C32H26N6O2/c1-38-14-11-22-16-21(9-10-29(22)38)26-17-24(18-28-30(26)35-13-12-34-28)36-19-20-5-4-6-23(15-20)32(40)37-27-8-3-2-7-25(27)31(33)39/h2-18,36H,19H2,1H3,(H2,33,39)(H,37,40). The molecule has 6 rings (SSSR count). The second-order valence-electron chi connectivity index (χ2n) is 9.57. The molecule has 4 aromatic carbocycles. The van der Waals surface area contributed by atoms with Crippen molar-refractivity contribution in [3.8, 4) is 11.1 Å². The maximum atomic E-state index is 13.0. The Balaban J connectivity index is 1.25. The van der Waals surface area contributed by atoms with Crippen molar-refractivity contribution in [1.82, 2.24) is 14.5 Å². The van der Waals surface area contributed by atoms with Gasteiger partial charge in [0.15, 0.2) is 0 Å². The summed E-state index contributed by atoms with van der Waals surface area (Å²) in [5.41, 5.74) is 13.2. The van der Waals surface area contributed by atoms with Crippen LogP contribution < -0.4 is 16.4 Å². The van der Waals surface area contributed by atoms with Gasteiger partial charge in [-0.15, -0.1) is 0 Å². The number of nitrogens with one attached hydrogen (secondary N) is 2. The van der Waals surface area contributed by atoms with Gasteiger partial charge < -0.3 is 20.9 Å². The topological polar surface area (TPSA) is 115 Å². The highest BCUT2D eigenvalue weighted by molar-refractivity contribution is 6.08. The van der Waals surface area contributed by atoms with Crippen molar-refractivity contribution >= 4 is 45.1 Å². The zero-order chi connectivity index (χ0) is 27.6. The Bertz CT molecular complexity index is 1910. The Kier molecular flexibility index (Phi) is 6.41. The third-order valence-electron chi connectivity index (χ3n) is 6.90. The molecule has 8 nitrogen and oxygen atoms in total. The van der Waals surface area contributed by atoms with Gasteiger partial charge in [-0.1, -0.05) is 30.3 Å². The van der Waals surface area contributed by atoms with Crippen molar-refractivity contribution < 1.29 is 9.59 Å². The summed E-state index contributed by atoms with van der Waals surface area (Å²) in [5, 5.41) is 7.43. The highest BCUT2D eigenvalue weighted by atomic mass is 16.2. The van der Waals surface area contributed by atoms with Crippen molar-refractivity contribution in [1.29, 1.82) is 0 Å². The van der Waals surface area contributed by atoms with Crippen LogP contribution in [0.4, 0.5) is 11.4 Å². The van der Waals surface area contributed by atoms with Crippen LogP contribution in [0.15, 0.2) is 104 Å². The van der Waals surface area contributed by atoms with Crippen LogP contribution in [0.2, 0.25) is 0 Å². The summed E-state index contributed by atoms with van der Waals surface area (Å²) in [4.78, 5) is 33.8. The van der Waals surface area contributed by atoms with E-state index in [2.05, 4.69) is 61.7 Å². The number of aryl methyl sites for hydroxylation is 1. The zero-order valence-electron chi connectivity index (χ0n) is 21.8. The molecule has 196 valence electrons. The van der Waals surface area contributed by atoms with E-state index in [-0.39, 0.29) is 11.5 Å². The number of carbonyl (C=O) groups is 2. The molecule has 2 heterocycles. The smallest absolute Gasteiger partial charge is 0.255 e. The van der Waals surface area contributed by atoms with Crippen LogP contribution in [0.3, 0.4) is 0 Å². The average Bonchev–Trinajstić information content (AvgIpc) is 3.35. The molecule has 0 saturated carbocycles. The van der Waals surface area contributed by atoms with Crippen molar-refractivity contribution in [2.45, 2.75) is 6.54 Å². The van der Waals surface area contributed by atoms with E-state index >= 15 is 0 Å². The first-order valence-corrected chi connectivity index (χ1v) is 12.8. The third-order valence-corrected chi connectivity index (χ3v) is 6.90. The van der Waals surface area contributed by atoms with E-state index in [1.165, 1.54) is 0 Å². The molecular weight excluding hydrogens is 500 g/mol. The molecule has 4 N–H and O–H groups in total. The summed E-state index contributed by atoms with van der Waals surface area (Å²) >= 11 is 0. The highest BCUT2D eigenvalue weighted by Gasteiger charge is 2.13. The normalized spacial score (nSPS) is 11.0. The molecule has 0 saturated heterocycles. The molecule has 0 bridgehead atoms. The molecule has 0 aliphatic rings. The van der Waals surface area contributed by atoms with Crippen molar-refractivity contribution in [3.05, 3.63) is 120 Å². The lowest BCUT2D eigenvalue weighted by Crippen LogP contribution is -2.18. The number of primary amides is 1. The average molecular weight is 527 g/mol. The van der Waals surface area contributed by atoms with Crippen LogP contribution in [-0.4, -0.2) is 26.3 Å². The second kappa shape index (κ2) is 10.3. The summed E-state index contributed by atoms with van der Waals surface area (Å²) < 4.78 is 2.10. The summed E-state index contributed by atoms with van der Waals surface area (Å²) in [6.45, 7) is 0.488. The maximum absolute atomic E-state index is 13.0. The quantitative estimate of drug-likeness (QED) is 0.245. The lowest BCUT2D eigenvalue weighted by atomic mass is 10.0. The summed E-state index contributed by atoms with van der Waals surface area (Å²) in [7, 11) is 2.03. The van der Waals surface area contributed by atoms with Crippen LogP contribution in [0.1, 0.15) is 26.3 Å². The SMILES string of the molecule is Cn1ccc2cc(-c3cc(NCc4cccc(C(=O)Nc5ccccc5C(N)=O)c4)cc4nccnc34)ccc21. The number of benzene rings is 4. The molecule has 0 aliphatic carbocycles. The number of rotatable bonds is 7. The Morgan fingerprint density at radius 3 is 2.62 bits per heavy atom. The van der Waals surface area contributed by atoms with Gasteiger partial charge in [0.1, 0.15) is 0 Å². The Labute approximate surface area is 230 Å². The predicted octanol–water partition coefficient (Wildman–Crippen LogP) is 5.75. The minimum Gasteiger partial charge on any atom is -0.381 e. The van der Waals surface area contributed by atoms with Gasteiger partial charge >= 0.3 is 0 Å². The predicted molar refractivity (Wildman–Crippen MR) is 158 cm³/mol. The van der Waals surface area contributed by atoms with Gasteiger partial charge in [-0.3, -0.25) is 19.6 Å². The first-order valence-electron chi connectivity index (χ1n) is 12.8. The Morgan fingerprint density at radius 1 is 0.900 bits per heavy atom. The lowest BCUT2D eigenvalue weighted by molar-refractivity contribution is 0.100. The monoisotopic (exact) mass is 526 g/mol. The first-order chi connectivity index (χ1) is 19.5. The number of carbonyl (C=O) groups excluding carboxylic acids is 2. The number of nitrogens with zero attached hydrogens (tertiary/aromatic N) is 3. The molecule has 0 fully saturated rings. The molecular formula is C32H26N6O2. The van der Waals surface area contributed by atoms with Gasteiger partial charge in [-0.25, -0.2) is 0 Å². The van der Waals surface area contributed by atoms with E-state index in [4.69, 9.17) is 5.73 Å². The molecule has 0 spiro atoms. The summed E-state index contributed by atoms with van der Waals surface area (Å²) in [6.07, 6.45) is 5.45. The van der Waals surface area contributed by atoms with Crippen LogP contribution in [-0.2, 0) is 13.6 Å². The number of nitrogens with two attached hydrogens (primary N) is 1. The number of aromatic nitrogens is 3. The van der Waals surface area contributed by atoms with Crippen LogP contribution >= 0.6 is 0 Å². The molecule has 40 heavy (non-hydrogen) atoms. The van der Waals surface area contributed by atoms with E-state index < -0.39 is 5.91 Å². The zero-order valence-corrected chi connectivity index (χ0v) is 21.8. The van der Waals surface area contributed by atoms with Gasteiger partial charge in [0.05, 0.1) is 22.3 Å². The molecule has 0 unspecified atom stereocenters. The maximum Gasteiger partial charge on any atom is 0.255 e. The van der Waals surface area contributed by atoms with Gasteiger partial charge in [0.25, 0.3) is 11.8 Å². The number of hydrogen-bond donors (Lipinski definition) is 3. The molecule has 0 radical (unpaired) electrons. The Morgan fingerprint density at radius 2 is 1.75 bits per heavy atom. The van der Waals surface area contributed by atoms with Crippen molar-refractivity contribution in [3.63, 3.8) is 0 Å². The molecule has 8 heteroatoms. The number of hydrogen-bond acceptors (Lipinski definition) is 5. The number of fused-ring (bicyclic) bond motifs is 2. The number of amides is 2. The largest absolute Gasteiger partial charge is 0.381 e. The first kappa shape index (κ1) is 24.8. The van der Waals surface area contributed by atoms with Gasteiger partial charge in [0, 0.05) is 59.9 Å². The number of anilines is 2. The van der Waals surface area contributed by atoms with E-state index in [1.807, 2.05) is 31.3 Å². The van der Waals surface area contributed by atoms with Crippen LogP contribution in [0.25, 0.3) is 33.1 Å². The molecule has 0 aliphatic heterocycles. The molecule has 0 atom stereocenters. The molecule has 2 aromatic heterocycles. The Hall–Kier alpha value is -5.50. The highest BCUT2D eigenvalue weighted by Crippen LogP contribution is 2.32. The van der Waals surface area contributed by atoms with Crippen molar-refractivity contribution in [2.24, 2.45) is 12.8 Å². The molecule has 6 aromatic rings. The van der Waals surface area contributed by atoms with Gasteiger partial charge in [-0.05, 0) is 65.7 Å². The fourth-order valence-corrected chi connectivity index (χ4v) is 4.87. The van der Waals surface area contributed by atoms with E-state index in [1.54, 1.807) is 42.7 Å². The van der Waals surface area contributed by atoms with Crippen molar-refractivity contribution in [2.75, 3.05) is 10.6 Å². The van der Waals surface area contributed by atoms with Gasteiger partial charge in [0.2, 0.25) is 0 Å². The second-order valence-corrected chi connectivity index (χ2v) is 9.57. The number of para-hydroxylation sites is 1. The van der Waals surface area contributed by atoms with E-state index in [0.29, 0.717) is 17.8 Å². The van der Waals surface area contributed by atoms with E-state index in [0.717, 1.165) is 44.3 Å². The van der Waals surface area contributed by atoms with Gasteiger partial charge in [-0.2, -0.15) is 0 Å². The lowest BCUT2D eigenvalue weighted by Gasteiger charge is -2.13. The van der Waals surface area contributed by atoms with Crippen LogP contribution in [0.5, 0.6) is 0 Å². The third kappa shape index (κ3) is 4.86. The summed E-state index contributed by atoms with van der Waals surface area (Å²) in [6, 6.07) is 26.6.